The maximum Gasteiger partial charge on any atom is 0.217 e. The summed E-state index contributed by atoms with van der Waals surface area (Å²) >= 11 is 0. The molecule has 0 saturated carbocycles. The number of ketones is 1. The van der Waals surface area contributed by atoms with Crippen molar-refractivity contribution in [3.63, 3.8) is 0 Å². The molecule has 118 valence electrons. The van der Waals surface area contributed by atoms with Gasteiger partial charge in [0.15, 0.2) is 12.0 Å². The molecule has 3 unspecified atom stereocenters. The zero-order valence-electron chi connectivity index (χ0n) is 12.9. The van der Waals surface area contributed by atoms with Crippen LogP contribution in [0.15, 0.2) is 24.3 Å². The first-order chi connectivity index (χ1) is 10.7. The van der Waals surface area contributed by atoms with Crippen LogP contribution >= 0.6 is 0 Å². The van der Waals surface area contributed by atoms with Gasteiger partial charge in [0.1, 0.15) is 0 Å². The second-order valence-corrected chi connectivity index (χ2v) is 6.10. The zero-order chi connectivity index (χ0) is 15.5. The van der Waals surface area contributed by atoms with E-state index in [9.17, 15) is 9.18 Å². The molecule has 3 atom stereocenters. The maximum absolute atomic E-state index is 14.2. The number of allylic oxidation sites excluding steroid dienone is 4. The Hall–Kier alpha value is -1.78. The van der Waals surface area contributed by atoms with Crippen LogP contribution in [0, 0.1) is 5.92 Å². The lowest BCUT2D eigenvalue weighted by Gasteiger charge is -2.21. The number of Topliss-reactive ketones (excluding diaryl/α,β-unsaturated/α-hetero) is 1. The van der Waals surface area contributed by atoms with Crippen LogP contribution in [0.3, 0.4) is 0 Å². The van der Waals surface area contributed by atoms with Gasteiger partial charge < -0.3 is 0 Å². The van der Waals surface area contributed by atoms with Gasteiger partial charge in [-0.05, 0) is 12.8 Å². The van der Waals surface area contributed by atoms with Crippen LogP contribution in [0.1, 0.15) is 74.1 Å². The van der Waals surface area contributed by atoms with E-state index < -0.39 is 6.17 Å². The molecule has 0 spiro atoms. The average molecular weight is 303 g/mol. The summed E-state index contributed by atoms with van der Waals surface area (Å²) in [5.41, 5.74) is 0. The van der Waals surface area contributed by atoms with Gasteiger partial charge in [0, 0.05) is 18.8 Å². The molecule has 1 aromatic heterocycles. The molecule has 1 aliphatic heterocycles. The Morgan fingerprint density at radius 3 is 3.00 bits per heavy atom. The Labute approximate surface area is 130 Å². The van der Waals surface area contributed by atoms with Gasteiger partial charge in [-0.15, -0.1) is 5.10 Å². The molecule has 22 heavy (non-hydrogen) atoms. The molecule has 0 fully saturated rings. The first-order valence-electron chi connectivity index (χ1n) is 8.17. The van der Waals surface area contributed by atoms with Crippen molar-refractivity contribution in [1.82, 2.24) is 14.8 Å². The fourth-order valence-electron chi connectivity index (χ4n) is 3.22. The predicted octanol–water partition coefficient (Wildman–Crippen LogP) is 4.13. The number of nitrogens with zero attached hydrogens (tertiary/aromatic N) is 3. The summed E-state index contributed by atoms with van der Waals surface area (Å²) in [6.07, 6.45) is 11.7. The van der Waals surface area contributed by atoms with Gasteiger partial charge >= 0.3 is 0 Å². The van der Waals surface area contributed by atoms with E-state index in [1.807, 2.05) is 12.2 Å². The quantitative estimate of drug-likeness (QED) is 0.586. The minimum absolute atomic E-state index is 0.0316. The summed E-state index contributed by atoms with van der Waals surface area (Å²) in [5, 5.41) is 4.33. The zero-order valence-corrected chi connectivity index (χ0v) is 12.9. The third-order valence-electron chi connectivity index (χ3n) is 4.47. The first-order valence-corrected chi connectivity index (χ1v) is 8.17. The molecule has 4 nitrogen and oxygen atoms in total. The molecule has 2 aliphatic rings. The first kappa shape index (κ1) is 15.1. The fraction of sp³-hybridized carbons (Fsp3) is 0.588. The minimum Gasteiger partial charge on any atom is -0.291 e. The minimum atomic E-state index is -1.12. The van der Waals surface area contributed by atoms with Gasteiger partial charge in [-0.3, -0.25) is 4.79 Å². The smallest absolute Gasteiger partial charge is 0.217 e. The largest absolute Gasteiger partial charge is 0.291 e. The number of alkyl halides is 1. The lowest BCUT2D eigenvalue weighted by molar-refractivity contribution is 0.0968. The summed E-state index contributed by atoms with van der Waals surface area (Å²) in [4.78, 5) is 16.3. The van der Waals surface area contributed by atoms with E-state index in [1.165, 1.54) is 0 Å². The number of aromatic nitrogens is 3. The number of hydrogen-bond acceptors (Lipinski definition) is 3. The van der Waals surface area contributed by atoms with E-state index >= 15 is 0 Å². The van der Waals surface area contributed by atoms with Crippen LogP contribution in [-0.4, -0.2) is 20.5 Å². The molecule has 3 rings (SSSR count). The van der Waals surface area contributed by atoms with Crippen LogP contribution in [0.25, 0.3) is 0 Å². The van der Waals surface area contributed by atoms with E-state index in [2.05, 4.69) is 29.2 Å². The van der Waals surface area contributed by atoms with Crippen molar-refractivity contribution in [2.75, 3.05) is 0 Å². The Morgan fingerprint density at radius 1 is 1.41 bits per heavy atom. The molecule has 0 bridgehead atoms. The molecule has 0 saturated heterocycles. The highest BCUT2D eigenvalue weighted by Crippen LogP contribution is 2.41. The fourth-order valence-corrected chi connectivity index (χ4v) is 3.22. The van der Waals surface area contributed by atoms with Crippen molar-refractivity contribution in [3.05, 3.63) is 36.0 Å². The molecule has 2 heterocycles. The van der Waals surface area contributed by atoms with Crippen LogP contribution in [0.5, 0.6) is 0 Å². The summed E-state index contributed by atoms with van der Waals surface area (Å²) in [6, 6.07) is -0.0316. The Kier molecular flexibility index (Phi) is 4.50. The molecule has 0 radical (unpaired) electrons. The molecular formula is C17H22FN3O. The monoisotopic (exact) mass is 303 g/mol. The van der Waals surface area contributed by atoms with E-state index in [4.69, 9.17) is 0 Å². The van der Waals surface area contributed by atoms with Crippen molar-refractivity contribution >= 4 is 5.78 Å². The highest BCUT2D eigenvalue weighted by atomic mass is 19.1. The van der Waals surface area contributed by atoms with Crippen molar-refractivity contribution in [1.29, 1.82) is 0 Å². The Bertz CT molecular complexity index is 605. The van der Waals surface area contributed by atoms with Crippen molar-refractivity contribution in [3.8, 4) is 0 Å². The Balaban J connectivity index is 1.76. The number of carbonyl (C=O) groups is 1. The lowest BCUT2D eigenvalue weighted by atomic mass is 9.91. The topological polar surface area (TPSA) is 47.8 Å². The summed E-state index contributed by atoms with van der Waals surface area (Å²) in [5.74, 6) is 0.676. The third-order valence-corrected chi connectivity index (χ3v) is 4.47. The highest BCUT2D eigenvalue weighted by molar-refractivity contribution is 5.92. The highest BCUT2D eigenvalue weighted by Gasteiger charge is 2.38. The van der Waals surface area contributed by atoms with Crippen molar-refractivity contribution in [2.24, 2.45) is 5.92 Å². The maximum atomic E-state index is 14.2. The average Bonchev–Trinajstić information content (AvgIpc) is 3.09. The van der Waals surface area contributed by atoms with Crippen LogP contribution in [0.4, 0.5) is 4.39 Å². The SMILES string of the molecule is CCCCCC(=O)c1nc2n(n1)C(C1C=CC=CC1)CC2F. The number of unbranched alkanes of at least 4 members (excludes halogenated alkanes) is 2. The van der Waals surface area contributed by atoms with Gasteiger partial charge in [-0.25, -0.2) is 14.1 Å². The predicted molar refractivity (Wildman–Crippen MR) is 82.4 cm³/mol. The van der Waals surface area contributed by atoms with Crippen LogP contribution < -0.4 is 0 Å². The normalized spacial score (nSPS) is 26.4. The summed E-state index contributed by atoms with van der Waals surface area (Å²) in [6.45, 7) is 2.10. The molecular weight excluding hydrogens is 281 g/mol. The molecule has 0 amide bonds. The second kappa shape index (κ2) is 6.55. The van der Waals surface area contributed by atoms with Crippen molar-refractivity contribution in [2.45, 2.75) is 57.7 Å². The lowest BCUT2D eigenvalue weighted by Crippen LogP contribution is -2.17. The van der Waals surface area contributed by atoms with Gasteiger partial charge in [0.25, 0.3) is 0 Å². The summed E-state index contributed by atoms with van der Waals surface area (Å²) < 4.78 is 15.9. The van der Waals surface area contributed by atoms with Crippen LogP contribution in [-0.2, 0) is 0 Å². The second-order valence-electron chi connectivity index (χ2n) is 6.10. The number of rotatable bonds is 6. The Morgan fingerprint density at radius 2 is 2.27 bits per heavy atom. The molecule has 1 aliphatic carbocycles. The van der Waals surface area contributed by atoms with Gasteiger partial charge in [-0.2, -0.15) is 0 Å². The molecule has 0 N–H and O–H groups in total. The van der Waals surface area contributed by atoms with E-state index in [-0.39, 0.29) is 23.6 Å². The van der Waals surface area contributed by atoms with E-state index in [0.29, 0.717) is 18.7 Å². The summed E-state index contributed by atoms with van der Waals surface area (Å²) in [7, 11) is 0. The molecule has 1 aromatic rings. The standard InChI is InChI=1S/C17H22FN3O/c1-2-3-5-10-15(22)16-19-17-13(18)11-14(21(17)20-16)12-8-6-4-7-9-12/h4,6-8,12-14H,2-3,5,9-11H2,1H3. The molecule has 5 heteroatoms. The number of fused-ring (bicyclic) bond motifs is 1. The third kappa shape index (κ3) is 2.89. The van der Waals surface area contributed by atoms with Gasteiger partial charge in [0.05, 0.1) is 6.04 Å². The number of carbonyl (C=O) groups excluding carboxylic acids is 1. The number of hydrogen-bond donors (Lipinski definition) is 0. The molecule has 0 aromatic carbocycles. The van der Waals surface area contributed by atoms with Gasteiger partial charge in [0.2, 0.25) is 11.6 Å². The van der Waals surface area contributed by atoms with E-state index in [0.717, 1.165) is 25.7 Å². The van der Waals surface area contributed by atoms with Crippen molar-refractivity contribution < 1.29 is 9.18 Å². The van der Waals surface area contributed by atoms with E-state index in [1.54, 1.807) is 4.68 Å². The number of halogens is 1. The van der Waals surface area contributed by atoms with Crippen LogP contribution in [0.2, 0.25) is 0 Å². The van der Waals surface area contributed by atoms with Gasteiger partial charge in [-0.1, -0.05) is 44.1 Å².